The van der Waals surface area contributed by atoms with E-state index in [9.17, 15) is 19.3 Å². The summed E-state index contributed by atoms with van der Waals surface area (Å²) in [6.07, 6.45) is 3.95. The summed E-state index contributed by atoms with van der Waals surface area (Å²) in [5.74, 6) is -1.72. The van der Waals surface area contributed by atoms with Crippen molar-refractivity contribution in [1.82, 2.24) is 9.97 Å². The van der Waals surface area contributed by atoms with Crippen molar-refractivity contribution >= 4 is 36.5 Å². The zero-order valence-electron chi connectivity index (χ0n) is 17.2. The van der Waals surface area contributed by atoms with Crippen LogP contribution in [-0.4, -0.2) is 28.3 Å². The van der Waals surface area contributed by atoms with Crippen molar-refractivity contribution < 1.29 is 18.7 Å². The number of hydrogen-bond acceptors (Lipinski definition) is 7. The van der Waals surface area contributed by atoms with Crippen LogP contribution in [0.1, 0.15) is 50.9 Å². The Hall–Kier alpha value is -1.77. The van der Waals surface area contributed by atoms with Crippen LogP contribution in [0.15, 0.2) is 27.9 Å². The second-order valence-electron chi connectivity index (χ2n) is 6.77. The molecule has 2 rings (SSSR count). The first-order valence-corrected chi connectivity index (χ1v) is 12.2. The zero-order valence-corrected chi connectivity index (χ0v) is 19.6. The van der Waals surface area contributed by atoms with E-state index in [0.29, 0.717) is 12.8 Å². The summed E-state index contributed by atoms with van der Waals surface area (Å²) in [6.45, 7) is 4.17. The molecule has 9 nitrogen and oxygen atoms in total. The third kappa shape index (κ3) is 6.85. The Morgan fingerprint density at radius 2 is 1.74 bits per heavy atom. The number of anilines is 1. The largest absolute Gasteiger partial charge is 0.506 e. The summed E-state index contributed by atoms with van der Waals surface area (Å²) in [5.41, 5.74) is -1.55. The number of unbranched alkanes of at least 4 members (excludes halogenated alkanes) is 2. The SMILES string of the molecule is CCCCOP(=O)(OCCCC)C(Nc1c[nH]c(=O)[nH]c1=O)c1cc(Cl)cc(Cl)c1O. The van der Waals surface area contributed by atoms with Gasteiger partial charge in [0.15, 0.2) is 5.78 Å². The molecule has 0 fully saturated rings. The molecule has 12 heteroatoms. The molecule has 172 valence electrons. The molecule has 4 N–H and O–H groups in total. The Kier molecular flexibility index (Phi) is 9.65. The van der Waals surface area contributed by atoms with Crippen molar-refractivity contribution in [3.8, 4) is 5.75 Å². The minimum absolute atomic E-state index is 0.0273. The maximum atomic E-state index is 13.9. The van der Waals surface area contributed by atoms with Crippen molar-refractivity contribution in [1.29, 1.82) is 0 Å². The Labute approximate surface area is 189 Å². The predicted octanol–water partition coefficient (Wildman–Crippen LogP) is 5.01. The topological polar surface area (TPSA) is 134 Å². The molecule has 0 aliphatic rings. The summed E-state index contributed by atoms with van der Waals surface area (Å²) in [4.78, 5) is 28.0. The van der Waals surface area contributed by atoms with E-state index < -0.39 is 24.6 Å². The lowest BCUT2D eigenvalue weighted by atomic mass is 10.2. The number of aromatic nitrogens is 2. The van der Waals surface area contributed by atoms with Crippen LogP contribution in [0, 0.1) is 0 Å². The van der Waals surface area contributed by atoms with Gasteiger partial charge in [-0.2, -0.15) is 0 Å². The molecular weight excluding hydrogens is 468 g/mol. The summed E-state index contributed by atoms with van der Waals surface area (Å²) >= 11 is 12.2. The molecule has 1 aromatic heterocycles. The van der Waals surface area contributed by atoms with Gasteiger partial charge in [-0.1, -0.05) is 49.9 Å². The highest BCUT2D eigenvalue weighted by Crippen LogP contribution is 2.62. The predicted molar refractivity (Wildman–Crippen MR) is 122 cm³/mol. The molecule has 1 heterocycles. The second-order valence-corrected chi connectivity index (χ2v) is 9.73. The maximum absolute atomic E-state index is 13.9. The van der Waals surface area contributed by atoms with Crippen LogP contribution < -0.4 is 16.6 Å². The van der Waals surface area contributed by atoms with Gasteiger partial charge < -0.3 is 24.5 Å². The molecule has 0 saturated heterocycles. The van der Waals surface area contributed by atoms with Crippen molar-refractivity contribution in [3.05, 3.63) is 54.8 Å². The number of aromatic hydroxyl groups is 1. The molecule has 2 aromatic rings. The molecule has 1 atom stereocenters. The number of H-pyrrole nitrogens is 2. The first kappa shape index (κ1) is 25.5. The summed E-state index contributed by atoms with van der Waals surface area (Å²) in [5, 5.41) is 13.5. The van der Waals surface area contributed by atoms with Gasteiger partial charge in [0.25, 0.3) is 5.56 Å². The Morgan fingerprint density at radius 1 is 1.13 bits per heavy atom. The second kappa shape index (κ2) is 11.7. The highest BCUT2D eigenvalue weighted by Gasteiger charge is 2.40. The normalized spacial score (nSPS) is 12.6. The van der Waals surface area contributed by atoms with E-state index in [1.807, 2.05) is 13.8 Å². The van der Waals surface area contributed by atoms with E-state index in [0.717, 1.165) is 19.0 Å². The lowest BCUT2D eigenvalue weighted by Crippen LogP contribution is -2.26. The van der Waals surface area contributed by atoms with Crippen LogP contribution in [0.4, 0.5) is 5.69 Å². The third-order valence-electron chi connectivity index (χ3n) is 4.32. The standard InChI is InChI=1S/C19H26Cl2N3O6P/c1-3-5-7-29-31(28,30-8-6-4-2)18(13-9-12(20)10-14(21)16(13)25)23-15-11-22-19(27)24-17(15)26/h9-11,18,23,25H,3-8H2,1-2H3,(H2,22,24,26,27). The molecule has 0 aliphatic heterocycles. The molecule has 0 bridgehead atoms. The molecule has 0 amide bonds. The molecule has 0 saturated carbocycles. The third-order valence-corrected chi connectivity index (χ3v) is 6.95. The van der Waals surface area contributed by atoms with Crippen molar-refractivity contribution in [2.75, 3.05) is 18.5 Å². The van der Waals surface area contributed by atoms with Gasteiger partial charge in [0.2, 0.25) is 0 Å². The fraction of sp³-hybridized carbons (Fsp3) is 0.474. The van der Waals surface area contributed by atoms with Crippen LogP contribution in [0.25, 0.3) is 0 Å². The number of rotatable bonds is 12. The highest BCUT2D eigenvalue weighted by molar-refractivity contribution is 7.54. The van der Waals surface area contributed by atoms with E-state index in [1.54, 1.807) is 0 Å². The van der Waals surface area contributed by atoms with Crippen molar-refractivity contribution in [2.24, 2.45) is 0 Å². The minimum atomic E-state index is -4.01. The number of nitrogens with one attached hydrogen (secondary N) is 3. The molecule has 1 unspecified atom stereocenters. The van der Waals surface area contributed by atoms with Crippen molar-refractivity contribution in [3.63, 3.8) is 0 Å². The average molecular weight is 494 g/mol. The maximum Gasteiger partial charge on any atom is 0.357 e. The quantitative estimate of drug-likeness (QED) is 0.241. The Balaban J connectivity index is 2.60. The zero-order chi connectivity index (χ0) is 23.0. The van der Waals surface area contributed by atoms with E-state index in [2.05, 4.69) is 15.3 Å². The number of phenols is 1. The van der Waals surface area contributed by atoms with Crippen LogP contribution in [-0.2, 0) is 13.6 Å². The number of halogens is 2. The lowest BCUT2D eigenvalue weighted by molar-refractivity contribution is 0.194. The van der Waals surface area contributed by atoms with Gasteiger partial charge in [-0.25, -0.2) is 4.79 Å². The Morgan fingerprint density at radius 3 is 2.29 bits per heavy atom. The monoisotopic (exact) mass is 493 g/mol. The van der Waals surface area contributed by atoms with Crippen LogP contribution in [0.2, 0.25) is 10.0 Å². The number of benzene rings is 1. The lowest BCUT2D eigenvalue weighted by Gasteiger charge is -2.29. The van der Waals surface area contributed by atoms with Gasteiger partial charge in [-0.15, -0.1) is 0 Å². The van der Waals surface area contributed by atoms with Gasteiger partial charge in [0, 0.05) is 16.8 Å². The van der Waals surface area contributed by atoms with Gasteiger partial charge >= 0.3 is 13.3 Å². The molecule has 1 aromatic carbocycles. The van der Waals surface area contributed by atoms with Gasteiger partial charge in [0.1, 0.15) is 11.4 Å². The number of phenolic OH excluding ortho intramolecular Hbond substituents is 1. The summed E-state index contributed by atoms with van der Waals surface area (Å²) in [7, 11) is -4.01. The van der Waals surface area contributed by atoms with E-state index >= 15 is 0 Å². The molecule has 0 radical (unpaired) electrons. The Bertz CT molecular complexity index is 1030. The van der Waals surface area contributed by atoms with Crippen LogP contribution in [0.5, 0.6) is 5.75 Å². The molecule has 31 heavy (non-hydrogen) atoms. The first-order chi connectivity index (χ1) is 14.7. The molecule has 0 aliphatic carbocycles. The number of hydrogen-bond donors (Lipinski definition) is 4. The van der Waals surface area contributed by atoms with Gasteiger partial charge in [-0.05, 0) is 25.0 Å². The smallest absolute Gasteiger partial charge is 0.357 e. The summed E-state index contributed by atoms with van der Waals surface area (Å²) in [6, 6.07) is 2.69. The van der Waals surface area contributed by atoms with Crippen LogP contribution in [0.3, 0.4) is 0 Å². The molecule has 0 spiro atoms. The van der Waals surface area contributed by atoms with E-state index in [-0.39, 0.29) is 40.3 Å². The average Bonchev–Trinajstić information content (AvgIpc) is 2.71. The number of aromatic amines is 2. The molecular formula is C19H26Cl2N3O6P. The van der Waals surface area contributed by atoms with Crippen LogP contribution >= 0.6 is 30.8 Å². The first-order valence-electron chi connectivity index (χ1n) is 9.87. The fourth-order valence-electron chi connectivity index (χ4n) is 2.64. The van der Waals surface area contributed by atoms with E-state index in [1.165, 1.54) is 12.1 Å². The van der Waals surface area contributed by atoms with E-state index in [4.69, 9.17) is 32.2 Å². The summed E-state index contributed by atoms with van der Waals surface area (Å²) < 4.78 is 25.3. The fourth-order valence-corrected chi connectivity index (χ4v) is 5.13. The minimum Gasteiger partial charge on any atom is -0.506 e. The highest BCUT2D eigenvalue weighted by atomic mass is 35.5. The van der Waals surface area contributed by atoms with Gasteiger partial charge in [-0.3, -0.25) is 14.3 Å². The van der Waals surface area contributed by atoms with Gasteiger partial charge in [0.05, 0.1) is 18.2 Å². The van der Waals surface area contributed by atoms with Crippen molar-refractivity contribution in [2.45, 2.75) is 45.3 Å².